The molecule has 4 rings (SSSR count). The van der Waals surface area contributed by atoms with Gasteiger partial charge in [-0.15, -0.1) is 11.3 Å². The largest absolute Gasteiger partial charge is 0.346 e. The fourth-order valence-electron chi connectivity index (χ4n) is 2.91. The molecule has 3 heterocycles. The lowest BCUT2D eigenvalue weighted by molar-refractivity contribution is 0.743. The molecule has 0 N–H and O–H groups in total. The summed E-state index contributed by atoms with van der Waals surface area (Å²) < 4.78 is 1.81. The Morgan fingerprint density at radius 1 is 1.00 bits per heavy atom. The van der Waals surface area contributed by atoms with E-state index in [0.717, 1.165) is 55.1 Å². The molecular formula is C16H19N7S. The standard InChI is InChI=1S/C16H19N7S/c1-13-12-24-16(17-13)22-9-5-8-21(10-11-22)15-18-19-20-23(15)14-6-3-2-4-7-14/h2-4,6-7,12H,5,8-11H2,1H3. The van der Waals surface area contributed by atoms with Crippen molar-refractivity contribution in [3.63, 3.8) is 0 Å². The third kappa shape index (κ3) is 2.96. The van der Waals surface area contributed by atoms with Crippen LogP contribution >= 0.6 is 11.3 Å². The fraction of sp³-hybridized carbons (Fsp3) is 0.375. The van der Waals surface area contributed by atoms with Crippen molar-refractivity contribution in [3.05, 3.63) is 41.4 Å². The minimum Gasteiger partial charge on any atom is -0.346 e. The van der Waals surface area contributed by atoms with E-state index in [2.05, 4.69) is 35.7 Å². The van der Waals surface area contributed by atoms with Crippen LogP contribution in [0.2, 0.25) is 0 Å². The van der Waals surface area contributed by atoms with Crippen molar-refractivity contribution in [1.82, 2.24) is 25.2 Å². The molecule has 0 aliphatic carbocycles. The Morgan fingerprint density at radius 3 is 2.58 bits per heavy atom. The maximum Gasteiger partial charge on any atom is 0.250 e. The molecule has 0 amide bonds. The molecule has 1 aliphatic heterocycles. The SMILES string of the molecule is Cc1csc(N2CCCN(c3nnnn3-c3ccccc3)CC2)n1. The number of thiazole rings is 1. The van der Waals surface area contributed by atoms with Crippen LogP contribution in [0.1, 0.15) is 12.1 Å². The normalized spacial score (nSPS) is 15.5. The molecule has 1 aromatic carbocycles. The van der Waals surface area contributed by atoms with Gasteiger partial charge in [-0.3, -0.25) is 0 Å². The minimum absolute atomic E-state index is 0.804. The van der Waals surface area contributed by atoms with E-state index >= 15 is 0 Å². The highest BCUT2D eigenvalue weighted by molar-refractivity contribution is 7.13. The van der Waals surface area contributed by atoms with Gasteiger partial charge >= 0.3 is 0 Å². The molecule has 0 bridgehead atoms. The second-order valence-corrected chi connectivity index (χ2v) is 6.66. The fourth-order valence-corrected chi connectivity index (χ4v) is 3.77. The zero-order valence-electron chi connectivity index (χ0n) is 13.5. The number of benzene rings is 1. The first kappa shape index (κ1) is 15.1. The molecule has 0 unspecified atom stereocenters. The Hall–Kier alpha value is -2.48. The van der Waals surface area contributed by atoms with Crippen molar-refractivity contribution in [2.75, 3.05) is 36.0 Å². The molecule has 0 radical (unpaired) electrons. The molecule has 24 heavy (non-hydrogen) atoms. The van der Waals surface area contributed by atoms with Crippen molar-refractivity contribution >= 4 is 22.4 Å². The molecular weight excluding hydrogens is 322 g/mol. The van der Waals surface area contributed by atoms with Gasteiger partial charge in [-0.2, -0.15) is 4.68 Å². The highest BCUT2D eigenvalue weighted by atomic mass is 32.1. The van der Waals surface area contributed by atoms with Crippen LogP contribution in [-0.2, 0) is 0 Å². The Labute approximate surface area is 144 Å². The molecule has 0 atom stereocenters. The molecule has 1 saturated heterocycles. The number of aromatic nitrogens is 5. The van der Waals surface area contributed by atoms with E-state index in [-0.39, 0.29) is 0 Å². The summed E-state index contributed by atoms with van der Waals surface area (Å²) in [7, 11) is 0. The number of hydrogen-bond donors (Lipinski definition) is 0. The lowest BCUT2D eigenvalue weighted by Gasteiger charge is -2.22. The average Bonchev–Trinajstić information content (AvgIpc) is 3.20. The van der Waals surface area contributed by atoms with Gasteiger partial charge in [0.05, 0.1) is 11.4 Å². The second kappa shape index (κ2) is 6.56. The maximum absolute atomic E-state index is 4.61. The smallest absolute Gasteiger partial charge is 0.250 e. The number of hydrogen-bond acceptors (Lipinski definition) is 7. The molecule has 2 aromatic heterocycles. The molecule has 124 valence electrons. The first-order chi connectivity index (χ1) is 11.8. The van der Waals surface area contributed by atoms with E-state index in [1.807, 2.05) is 41.9 Å². The maximum atomic E-state index is 4.61. The Bertz CT molecular complexity index is 798. The van der Waals surface area contributed by atoms with Crippen LogP contribution in [0.15, 0.2) is 35.7 Å². The minimum atomic E-state index is 0.804. The van der Waals surface area contributed by atoms with Crippen LogP contribution in [0, 0.1) is 6.92 Å². The van der Waals surface area contributed by atoms with E-state index in [1.165, 1.54) is 0 Å². The van der Waals surface area contributed by atoms with Crippen LogP contribution in [0.25, 0.3) is 5.69 Å². The number of aryl methyl sites for hydroxylation is 1. The number of anilines is 2. The highest BCUT2D eigenvalue weighted by Crippen LogP contribution is 2.23. The third-order valence-corrected chi connectivity index (χ3v) is 5.13. The topological polar surface area (TPSA) is 63.0 Å². The van der Waals surface area contributed by atoms with Gasteiger partial charge in [0, 0.05) is 31.6 Å². The lowest BCUT2D eigenvalue weighted by atomic mass is 10.3. The van der Waals surface area contributed by atoms with Crippen molar-refractivity contribution in [3.8, 4) is 5.69 Å². The summed E-state index contributed by atoms with van der Waals surface area (Å²) in [5.41, 5.74) is 2.07. The number of para-hydroxylation sites is 1. The van der Waals surface area contributed by atoms with Crippen molar-refractivity contribution in [2.45, 2.75) is 13.3 Å². The monoisotopic (exact) mass is 341 g/mol. The Kier molecular flexibility index (Phi) is 4.12. The summed E-state index contributed by atoms with van der Waals surface area (Å²) in [4.78, 5) is 9.22. The summed E-state index contributed by atoms with van der Waals surface area (Å²) in [6.07, 6.45) is 1.06. The zero-order valence-corrected chi connectivity index (χ0v) is 14.4. The molecule has 0 saturated carbocycles. The van der Waals surface area contributed by atoms with Crippen molar-refractivity contribution in [1.29, 1.82) is 0 Å². The van der Waals surface area contributed by atoms with Gasteiger partial charge in [-0.25, -0.2) is 4.98 Å². The van der Waals surface area contributed by atoms with E-state index in [4.69, 9.17) is 0 Å². The van der Waals surface area contributed by atoms with Gasteiger partial charge in [0.1, 0.15) is 0 Å². The zero-order chi connectivity index (χ0) is 16.4. The number of tetrazole rings is 1. The van der Waals surface area contributed by atoms with Crippen molar-refractivity contribution < 1.29 is 0 Å². The van der Waals surface area contributed by atoms with Crippen LogP contribution < -0.4 is 9.80 Å². The number of rotatable bonds is 3. The van der Waals surface area contributed by atoms with Crippen LogP contribution in [0.3, 0.4) is 0 Å². The average molecular weight is 341 g/mol. The van der Waals surface area contributed by atoms with Crippen LogP contribution in [0.4, 0.5) is 11.1 Å². The molecule has 8 heteroatoms. The van der Waals surface area contributed by atoms with Gasteiger partial charge in [0.2, 0.25) is 5.95 Å². The second-order valence-electron chi connectivity index (χ2n) is 5.83. The third-order valence-electron chi connectivity index (χ3n) is 4.11. The molecule has 3 aromatic rings. The van der Waals surface area contributed by atoms with Gasteiger partial charge in [0.25, 0.3) is 0 Å². The summed E-state index contributed by atoms with van der Waals surface area (Å²) in [5.74, 6) is 0.804. The summed E-state index contributed by atoms with van der Waals surface area (Å²) in [5, 5.41) is 15.5. The van der Waals surface area contributed by atoms with Crippen molar-refractivity contribution in [2.24, 2.45) is 0 Å². The molecule has 0 spiro atoms. The van der Waals surface area contributed by atoms with Gasteiger partial charge < -0.3 is 9.80 Å². The van der Waals surface area contributed by atoms with Crippen LogP contribution in [0.5, 0.6) is 0 Å². The summed E-state index contributed by atoms with van der Waals surface area (Å²) >= 11 is 1.71. The molecule has 1 aliphatic rings. The van der Waals surface area contributed by atoms with E-state index < -0.39 is 0 Å². The van der Waals surface area contributed by atoms with E-state index in [0.29, 0.717) is 0 Å². The Morgan fingerprint density at radius 2 is 1.79 bits per heavy atom. The first-order valence-corrected chi connectivity index (χ1v) is 8.95. The van der Waals surface area contributed by atoms with Gasteiger partial charge in [-0.1, -0.05) is 23.3 Å². The first-order valence-electron chi connectivity index (χ1n) is 8.07. The summed E-state index contributed by atoms with van der Waals surface area (Å²) in [6.45, 7) is 5.79. The predicted octanol–water partition coefficient (Wildman–Crippen LogP) is 2.14. The van der Waals surface area contributed by atoms with E-state index in [1.54, 1.807) is 11.3 Å². The van der Waals surface area contributed by atoms with E-state index in [9.17, 15) is 0 Å². The lowest BCUT2D eigenvalue weighted by Crippen LogP contribution is -2.32. The molecule has 7 nitrogen and oxygen atoms in total. The number of nitrogens with zero attached hydrogens (tertiary/aromatic N) is 7. The quantitative estimate of drug-likeness (QED) is 0.727. The molecule has 1 fully saturated rings. The van der Waals surface area contributed by atoms with Gasteiger partial charge in [-0.05, 0) is 35.9 Å². The summed E-state index contributed by atoms with van der Waals surface area (Å²) in [6, 6.07) is 10.0. The highest BCUT2D eigenvalue weighted by Gasteiger charge is 2.21. The Balaban J connectivity index is 1.53. The van der Waals surface area contributed by atoms with Crippen LogP contribution in [-0.4, -0.2) is 51.4 Å². The predicted molar refractivity (Wildman–Crippen MR) is 95.0 cm³/mol. The van der Waals surface area contributed by atoms with Gasteiger partial charge in [0.15, 0.2) is 5.13 Å².